The monoisotopic (exact) mass is 338 g/mol. The van der Waals surface area contributed by atoms with Crippen LogP contribution in [0.25, 0.3) is 11.4 Å². The second-order valence-electron chi connectivity index (χ2n) is 5.84. The van der Waals surface area contributed by atoms with Gasteiger partial charge >= 0.3 is 0 Å². The summed E-state index contributed by atoms with van der Waals surface area (Å²) in [7, 11) is 1.87. The van der Waals surface area contributed by atoms with Crippen molar-refractivity contribution in [3.05, 3.63) is 32.4 Å². The molecule has 0 bridgehead atoms. The van der Waals surface area contributed by atoms with Gasteiger partial charge in [-0.1, -0.05) is 27.7 Å². The van der Waals surface area contributed by atoms with Gasteiger partial charge in [-0.25, -0.2) is 4.98 Å². The van der Waals surface area contributed by atoms with Crippen LogP contribution in [-0.4, -0.2) is 19.7 Å². The summed E-state index contributed by atoms with van der Waals surface area (Å²) in [5.74, 6) is 0.577. The van der Waals surface area contributed by atoms with Crippen molar-refractivity contribution in [3.8, 4) is 11.4 Å². The average Bonchev–Trinajstić information content (AvgIpc) is 2.74. The Morgan fingerprint density at radius 1 is 1.40 bits per heavy atom. The van der Waals surface area contributed by atoms with Gasteiger partial charge in [-0.3, -0.25) is 9.48 Å². The molecule has 0 radical (unpaired) electrons. The van der Waals surface area contributed by atoms with Crippen molar-refractivity contribution in [1.82, 2.24) is 19.7 Å². The fourth-order valence-electron chi connectivity index (χ4n) is 2.08. The largest absolute Gasteiger partial charge is 0.305 e. The zero-order chi connectivity index (χ0) is 15.1. The van der Waals surface area contributed by atoms with E-state index in [0.717, 1.165) is 17.0 Å². The lowest BCUT2D eigenvalue weighted by Gasteiger charge is -2.17. The quantitative estimate of drug-likeness (QED) is 0.915. The van der Waals surface area contributed by atoms with E-state index in [1.165, 1.54) is 0 Å². The fraction of sp³-hybridized carbons (Fsp3) is 0.500. The first-order chi connectivity index (χ1) is 9.24. The van der Waals surface area contributed by atoms with E-state index in [1.54, 1.807) is 4.68 Å². The second-order valence-corrected chi connectivity index (χ2v) is 6.64. The summed E-state index contributed by atoms with van der Waals surface area (Å²) in [5.41, 5.74) is 2.28. The molecule has 0 unspecified atom stereocenters. The Labute approximate surface area is 126 Å². The minimum Gasteiger partial charge on any atom is -0.305 e. The Kier molecular flexibility index (Phi) is 3.86. The number of nitrogens with one attached hydrogen (secondary N) is 1. The Hall–Kier alpha value is -1.43. The predicted molar refractivity (Wildman–Crippen MR) is 82.8 cm³/mol. The third kappa shape index (κ3) is 2.70. The number of nitrogens with zero attached hydrogens (tertiary/aromatic N) is 3. The average molecular weight is 339 g/mol. The van der Waals surface area contributed by atoms with Gasteiger partial charge in [-0.15, -0.1) is 0 Å². The standard InChI is InChI=1S/C14H19BrN4O/c1-6-9-10(15)13(20)17-12(16-9)8-7-19(5)18-11(8)14(2,3)4/h7H,6H2,1-5H3,(H,16,17,20). The molecule has 0 spiro atoms. The van der Waals surface area contributed by atoms with E-state index in [1.807, 2.05) is 20.2 Å². The number of aryl methyl sites for hydroxylation is 2. The topological polar surface area (TPSA) is 63.6 Å². The number of aromatic amines is 1. The molecule has 2 heterocycles. The maximum absolute atomic E-state index is 12.0. The van der Waals surface area contributed by atoms with Crippen LogP contribution >= 0.6 is 15.9 Å². The molecule has 2 aromatic heterocycles. The van der Waals surface area contributed by atoms with Gasteiger partial charge in [0.05, 0.1) is 17.0 Å². The van der Waals surface area contributed by atoms with Crippen LogP contribution in [0.5, 0.6) is 0 Å². The molecule has 0 aromatic carbocycles. The molecule has 0 amide bonds. The molecule has 20 heavy (non-hydrogen) atoms. The van der Waals surface area contributed by atoms with Crippen LogP contribution in [0, 0.1) is 0 Å². The van der Waals surface area contributed by atoms with Crippen LogP contribution in [0.2, 0.25) is 0 Å². The van der Waals surface area contributed by atoms with Crippen molar-refractivity contribution in [2.24, 2.45) is 7.05 Å². The lowest BCUT2D eigenvalue weighted by atomic mass is 9.89. The smallest absolute Gasteiger partial charge is 0.265 e. The summed E-state index contributed by atoms with van der Waals surface area (Å²) < 4.78 is 2.26. The van der Waals surface area contributed by atoms with Gasteiger partial charge in [-0.05, 0) is 22.4 Å². The summed E-state index contributed by atoms with van der Waals surface area (Å²) in [4.78, 5) is 19.4. The van der Waals surface area contributed by atoms with Gasteiger partial charge in [0.15, 0.2) is 0 Å². The van der Waals surface area contributed by atoms with Crippen molar-refractivity contribution in [2.75, 3.05) is 0 Å². The summed E-state index contributed by atoms with van der Waals surface area (Å²) in [5, 5.41) is 4.51. The van der Waals surface area contributed by atoms with Gasteiger partial charge in [0, 0.05) is 18.7 Å². The first-order valence-corrected chi connectivity index (χ1v) is 7.36. The maximum atomic E-state index is 12.0. The molecule has 2 rings (SSSR count). The summed E-state index contributed by atoms with van der Waals surface area (Å²) in [6.07, 6.45) is 2.59. The van der Waals surface area contributed by atoms with E-state index in [9.17, 15) is 4.79 Å². The lowest BCUT2D eigenvalue weighted by molar-refractivity contribution is 0.554. The van der Waals surface area contributed by atoms with Crippen LogP contribution in [0.4, 0.5) is 0 Å². The number of aromatic nitrogens is 4. The highest BCUT2D eigenvalue weighted by Crippen LogP contribution is 2.30. The Bertz CT molecular complexity index is 694. The van der Waals surface area contributed by atoms with Crippen molar-refractivity contribution in [2.45, 2.75) is 39.5 Å². The molecule has 5 nitrogen and oxygen atoms in total. The highest BCUT2D eigenvalue weighted by molar-refractivity contribution is 9.10. The Morgan fingerprint density at radius 3 is 2.60 bits per heavy atom. The summed E-state index contributed by atoms with van der Waals surface area (Å²) in [6, 6.07) is 0. The maximum Gasteiger partial charge on any atom is 0.265 e. The fourth-order valence-corrected chi connectivity index (χ4v) is 2.55. The second kappa shape index (κ2) is 5.16. The van der Waals surface area contributed by atoms with Crippen LogP contribution in [0.3, 0.4) is 0 Å². The van der Waals surface area contributed by atoms with E-state index < -0.39 is 0 Å². The predicted octanol–water partition coefficient (Wildman–Crippen LogP) is 2.79. The van der Waals surface area contributed by atoms with E-state index in [0.29, 0.717) is 16.7 Å². The molecule has 108 valence electrons. The first kappa shape index (κ1) is 15.0. The molecule has 0 aliphatic carbocycles. The van der Waals surface area contributed by atoms with E-state index in [-0.39, 0.29) is 11.0 Å². The summed E-state index contributed by atoms with van der Waals surface area (Å²) in [6.45, 7) is 8.26. The highest BCUT2D eigenvalue weighted by atomic mass is 79.9. The van der Waals surface area contributed by atoms with Crippen LogP contribution in [0.1, 0.15) is 39.1 Å². The number of H-pyrrole nitrogens is 1. The number of halogens is 1. The van der Waals surface area contributed by atoms with Gasteiger partial charge in [0.1, 0.15) is 10.3 Å². The first-order valence-electron chi connectivity index (χ1n) is 6.57. The molecule has 2 aromatic rings. The Morgan fingerprint density at radius 2 is 2.05 bits per heavy atom. The molecular formula is C14H19BrN4O. The summed E-state index contributed by atoms with van der Waals surface area (Å²) >= 11 is 3.28. The molecule has 1 N–H and O–H groups in total. The molecule has 0 saturated carbocycles. The zero-order valence-corrected chi connectivity index (χ0v) is 14.0. The minimum atomic E-state index is -0.157. The third-order valence-corrected chi connectivity index (χ3v) is 3.88. The SMILES string of the molecule is CCc1nc(-c2cn(C)nc2C(C)(C)C)[nH]c(=O)c1Br. The van der Waals surface area contributed by atoms with Crippen LogP contribution < -0.4 is 5.56 Å². The van der Waals surface area contributed by atoms with Crippen molar-refractivity contribution < 1.29 is 0 Å². The molecular weight excluding hydrogens is 320 g/mol. The van der Waals surface area contributed by atoms with E-state index in [2.05, 4.69) is 51.8 Å². The number of hydrogen-bond acceptors (Lipinski definition) is 3. The van der Waals surface area contributed by atoms with Gasteiger partial charge in [0.25, 0.3) is 5.56 Å². The van der Waals surface area contributed by atoms with Gasteiger partial charge in [-0.2, -0.15) is 5.10 Å². The molecule has 0 aliphatic heterocycles. The minimum absolute atomic E-state index is 0.116. The van der Waals surface area contributed by atoms with Crippen LogP contribution in [0.15, 0.2) is 15.5 Å². The van der Waals surface area contributed by atoms with Gasteiger partial charge < -0.3 is 4.98 Å². The molecule has 0 atom stereocenters. The lowest BCUT2D eigenvalue weighted by Crippen LogP contribution is -2.17. The Balaban J connectivity index is 2.69. The van der Waals surface area contributed by atoms with Gasteiger partial charge in [0.2, 0.25) is 0 Å². The molecule has 0 saturated heterocycles. The zero-order valence-electron chi connectivity index (χ0n) is 12.4. The normalized spacial score (nSPS) is 11.9. The van der Waals surface area contributed by atoms with Crippen LogP contribution in [-0.2, 0) is 18.9 Å². The number of hydrogen-bond donors (Lipinski definition) is 1. The molecule has 0 fully saturated rings. The number of rotatable bonds is 2. The van der Waals surface area contributed by atoms with Crippen molar-refractivity contribution in [3.63, 3.8) is 0 Å². The molecule has 0 aliphatic rings. The van der Waals surface area contributed by atoms with E-state index >= 15 is 0 Å². The highest BCUT2D eigenvalue weighted by Gasteiger charge is 2.24. The molecule has 6 heteroatoms. The van der Waals surface area contributed by atoms with Crippen molar-refractivity contribution >= 4 is 15.9 Å². The third-order valence-electron chi connectivity index (χ3n) is 3.06. The van der Waals surface area contributed by atoms with E-state index in [4.69, 9.17) is 0 Å². The van der Waals surface area contributed by atoms with Crippen molar-refractivity contribution in [1.29, 1.82) is 0 Å².